The second kappa shape index (κ2) is 6.72. The topological polar surface area (TPSA) is 66.8 Å². The molecule has 0 bridgehead atoms. The number of halogens is 2. The summed E-state index contributed by atoms with van der Waals surface area (Å²) < 4.78 is 29.1. The van der Waals surface area contributed by atoms with Crippen LogP contribution < -0.4 is 4.74 Å². The molecule has 1 saturated heterocycles. The van der Waals surface area contributed by atoms with Crippen LogP contribution in [0.2, 0.25) is 0 Å². The van der Waals surface area contributed by atoms with Gasteiger partial charge < -0.3 is 14.7 Å². The summed E-state index contributed by atoms with van der Waals surface area (Å²) in [6.07, 6.45) is 0.303. The van der Waals surface area contributed by atoms with E-state index in [2.05, 4.69) is 4.74 Å². The second-order valence-corrected chi connectivity index (χ2v) is 5.22. The number of nitrogens with zero attached hydrogens (tertiary/aromatic N) is 1. The monoisotopic (exact) mass is 313 g/mol. The maximum atomic E-state index is 12.4. The third-order valence-corrected chi connectivity index (χ3v) is 3.92. The highest BCUT2D eigenvalue weighted by Crippen LogP contribution is 2.27. The number of carboxylic acids is 1. The Balaban J connectivity index is 2.08. The summed E-state index contributed by atoms with van der Waals surface area (Å²) in [6.45, 7) is -0.918. The fourth-order valence-corrected chi connectivity index (χ4v) is 2.75. The summed E-state index contributed by atoms with van der Waals surface area (Å²) in [5, 5.41) is 9.07. The zero-order valence-corrected chi connectivity index (χ0v) is 12.0. The minimum atomic E-state index is -2.96. The molecule has 2 atom stereocenters. The van der Waals surface area contributed by atoms with Gasteiger partial charge in [0.25, 0.3) is 0 Å². The molecule has 1 aromatic rings. The van der Waals surface area contributed by atoms with E-state index >= 15 is 0 Å². The molecule has 2 unspecified atom stereocenters. The van der Waals surface area contributed by atoms with Crippen LogP contribution in [0.4, 0.5) is 8.78 Å². The van der Waals surface area contributed by atoms with Crippen molar-refractivity contribution in [2.24, 2.45) is 5.92 Å². The van der Waals surface area contributed by atoms with Gasteiger partial charge in [0.15, 0.2) is 0 Å². The van der Waals surface area contributed by atoms with Crippen LogP contribution >= 0.6 is 0 Å². The SMILES string of the molecule is CC1C(C(=O)O)CCN1C(=O)Cc1ccccc1OC(F)F. The van der Waals surface area contributed by atoms with Crippen molar-refractivity contribution in [2.75, 3.05) is 6.54 Å². The second-order valence-electron chi connectivity index (χ2n) is 5.22. The van der Waals surface area contributed by atoms with Gasteiger partial charge in [0, 0.05) is 18.2 Å². The lowest BCUT2D eigenvalue weighted by molar-refractivity contribution is -0.143. The third-order valence-electron chi connectivity index (χ3n) is 3.92. The molecule has 120 valence electrons. The Morgan fingerprint density at radius 2 is 2.09 bits per heavy atom. The minimum Gasteiger partial charge on any atom is -0.481 e. The highest BCUT2D eigenvalue weighted by molar-refractivity contribution is 5.82. The van der Waals surface area contributed by atoms with Crippen LogP contribution in [0.25, 0.3) is 0 Å². The van der Waals surface area contributed by atoms with E-state index in [0.29, 0.717) is 18.5 Å². The average molecular weight is 313 g/mol. The first kappa shape index (κ1) is 16.2. The number of para-hydroxylation sites is 1. The number of benzene rings is 1. The number of hydrogen-bond donors (Lipinski definition) is 1. The largest absolute Gasteiger partial charge is 0.481 e. The Morgan fingerprint density at radius 1 is 1.41 bits per heavy atom. The molecule has 5 nitrogen and oxygen atoms in total. The standard InChI is InChI=1S/C15H17F2NO4/c1-9-11(14(20)21)6-7-18(9)13(19)8-10-4-2-3-5-12(10)22-15(16)17/h2-5,9,11,15H,6-8H2,1H3,(H,20,21). The van der Waals surface area contributed by atoms with Crippen LogP contribution in [0.1, 0.15) is 18.9 Å². The van der Waals surface area contributed by atoms with Crippen molar-refractivity contribution < 1.29 is 28.2 Å². The molecular formula is C15H17F2NO4. The molecule has 22 heavy (non-hydrogen) atoms. The number of aliphatic carboxylic acids is 1. The van der Waals surface area contributed by atoms with E-state index in [1.807, 2.05) is 0 Å². The number of carboxylic acid groups (broad SMARTS) is 1. The normalized spacial score (nSPS) is 21.2. The first-order valence-corrected chi connectivity index (χ1v) is 6.95. The van der Waals surface area contributed by atoms with E-state index in [-0.39, 0.29) is 18.1 Å². The molecular weight excluding hydrogens is 296 g/mol. The van der Waals surface area contributed by atoms with Gasteiger partial charge in [-0.05, 0) is 19.4 Å². The quantitative estimate of drug-likeness (QED) is 0.904. The average Bonchev–Trinajstić information content (AvgIpc) is 2.82. The van der Waals surface area contributed by atoms with Crippen molar-refractivity contribution in [1.29, 1.82) is 0 Å². The Kier molecular flexibility index (Phi) is 4.95. The lowest BCUT2D eigenvalue weighted by Gasteiger charge is -2.23. The molecule has 1 amide bonds. The summed E-state index contributed by atoms with van der Waals surface area (Å²) in [7, 11) is 0. The molecule has 1 fully saturated rings. The molecule has 1 aliphatic rings. The molecule has 0 aromatic heterocycles. The van der Waals surface area contributed by atoms with Gasteiger partial charge in [-0.1, -0.05) is 18.2 Å². The number of likely N-dealkylation sites (tertiary alicyclic amines) is 1. The first-order valence-electron chi connectivity index (χ1n) is 6.95. The third kappa shape index (κ3) is 3.52. The molecule has 0 aliphatic carbocycles. The van der Waals surface area contributed by atoms with Gasteiger partial charge in [0.2, 0.25) is 5.91 Å². The first-order chi connectivity index (χ1) is 10.4. The molecule has 0 spiro atoms. The van der Waals surface area contributed by atoms with Gasteiger partial charge in [-0.2, -0.15) is 8.78 Å². The van der Waals surface area contributed by atoms with Crippen molar-refractivity contribution in [3.8, 4) is 5.75 Å². The molecule has 0 radical (unpaired) electrons. The Labute approximate surface area is 126 Å². The van der Waals surface area contributed by atoms with Crippen LogP contribution in [0.5, 0.6) is 5.75 Å². The summed E-state index contributed by atoms with van der Waals surface area (Å²) in [5.74, 6) is -1.84. The van der Waals surface area contributed by atoms with Gasteiger partial charge in [0.05, 0.1) is 12.3 Å². The van der Waals surface area contributed by atoms with Crippen LogP contribution in [-0.2, 0) is 16.0 Å². The smallest absolute Gasteiger partial charge is 0.387 e. The van der Waals surface area contributed by atoms with Crippen molar-refractivity contribution >= 4 is 11.9 Å². The van der Waals surface area contributed by atoms with Gasteiger partial charge in [0.1, 0.15) is 5.75 Å². The molecule has 1 heterocycles. The number of alkyl halides is 2. The fourth-order valence-electron chi connectivity index (χ4n) is 2.75. The summed E-state index contributed by atoms with van der Waals surface area (Å²) in [4.78, 5) is 24.9. The van der Waals surface area contributed by atoms with E-state index in [1.165, 1.54) is 11.0 Å². The van der Waals surface area contributed by atoms with Crippen LogP contribution in [0, 0.1) is 5.92 Å². The number of carbonyl (C=O) groups excluding carboxylic acids is 1. The fraction of sp³-hybridized carbons (Fsp3) is 0.467. The highest BCUT2D eigenvalue weighted by atomic mass is 19.3. The molecule has 7 heteroatoms. The lowest BCUT2D eigenvalue weighted by Crippen LogP contribution is -2.38. The van der Waals surface area contributed by atoms with E-state index in [1.54, 1.807) is 25.1 Å². The molecule has 2 rings (SSSR count). The van der Waals surface area contributed by atoms with Crippen molar-refractivity contribution in [3.63, 3.8) is 0 Å². The number of ether oxygens (including phenoxy) is 1. The van der Waals surface area contributed by atoms with Crippen molar-refractivity contribution in [3.05, 3.63) is 29.8 Å². The van der Waals surface area contributed by atoms with Gasteiger partial charge in [-0.15, -0.1) is 0 Å². The molecule has 1 N–H and O–H groups in total. The van der Waals surface area contributed by atoms with Gasteiger partial charge in [-0.3, -0.25) is 9.59 Å². The Morgan fingerprint density at radius 3 is 2.68 bits per heavy atom. The van der Waals surface area contributed by atoms with E-state index < -0.39 is 24.5 Å². The van der Waals surface area contributed by atoms with Gasteiger partial charge in [-0.25, -0.2) is 0 Å². The Hall–Kier alpha value is -2.18. The van der Waals surface area contributed by atoms with Crippen molar-refractivity contribution in [2.45, 2.75) is 32.4 Å². The number of carbonyl (C=O) groups is 2. The van der Waals surface area contributed by atoms with Crippen LogP contribution in [0.3, 0.4) is 0 Å². The lowest BCUT2D eigenvalue weighted by atomic mass is 10.0. The summed E-state index contributed by atoms with van der Waals surface area (Å²) in [5.41, 5.74) is 0.360. The van der Waals surface area contributed by atoms with Gasteiger partial charge >= 0.3 is 12.6 Å². The molecule has 1 aliphatic heterocycles. The zero-order chi connectivity index (χ0) is 16.3. The number of amides is 1. The minimum absolute atomic E-state index is 0.0347. The maximum Gasteiger partial charge on any atom is 0.387 e. The summed E-state index contributed by atoms with van der Waals surface area (Å²) in [6, 6.07) is 5.69. The van der Waals surface area contributed by atoms with Crippen molar-refractivity contribution in [1.82, 2.24) is 4.90 Å². The number of rotatable bonds is 5. The van der Waals surface area contributed by atoms with E-state index in [4.69, 9.17) is 5.11 Å². The predicted molar refractivity (Wildman–Crippen MR) is 73.7 cm³/mol. The number of hydrogen-bond acceptors (Lipinski definition) is 3. The predicted octanol–water partition coefficient (Wildman–Crippen LogP) is 2.15. The maximum absolute atomic E-state index is 12.4. The molecule has 1 aromatic carbocycles. The van der Waals surface area contributed by atoms with Crippen LogP contribution in [0.15, 0.2) is 24.3 Å². The highest BCUT2D eigenvalue weighted by Gasteiger charge is 2.38. The Bertz CT molecular complexity index is 564. The zero-order valence-electron chi connectivity index (χ0n) is 12.0. The van der Waals surface area contributed by atoms with E-state index in [0.717, 1.165) is 0 Å². The van der Waals surface area contributed by atoms with E-state index in [9.17, 15) is 18.4 Å². The summed E-state index contributed by atoms with van der Waals surface area (Å²) >= 11 is 0. The van der Waals surface area contributed by atoms with Crippen LogP contribution in [-0.4, -0.2) is 41.1 Å². The molecule has 0 saturated carbocycles.